The van der Waals surface area contributed by atoms with Gasteiger partial charge in [0.15, 0.2) is 11.6 Å². The molecule has 1 fully saturated rings. The highest BCUT2D eigenvalue weighted by Gasteiger charge is 2.54. The first kappa shape index (κ1) is 17.0. The Balaban J connectivity index is 1.56. The third kappa shape index (κ3) is 2.79. The maximum absolute atomic E-state index is 13.1. The van der Waals surface area contributed by atoms with E-state index in [9.17, 15) is 19.5 Å². The minimum absolute atomic E-state index is 0.0210. The van der Waals surface area contributed by atoms with Crippen LogP contribution in [-0.4, -0.2) is 39.4 Å². The van der Waals surface area contributed by atoms with E-state index >= 15 is 0 Å². The molecule has 0 saturated carbocycles. The third-order valence-electron chi connectivity index (χ3n) is 5.00. The van der Waals surface area contributed by atoms with Crippen molar-refractivity contribution in [1.82, 2.24) is 15.2 Å². The van der Waals surface area contributed by atoms with Gasteiger partial charge in [0.05, 0.1) is 0 Å². The molecule has 1 spiro atoms. The van der Waals surface area contributed by atoms with Crippen LogP contribution < -0.4 is 10.6 Å². The zero-order chi connectivity index (χ0) is 19.0. The van der Waals surface area contributed by atoms with Gasteiger partial charge in [0.25, 0.3) is 5.91 Å². The molecule has 3 N–H and O–H groups in total. The minimum Gasteiger partial charge on any atom is -0.504 e. The van der Waals surface area contributed by atoms with E-state index in [2.05, 4.69) is 15.6 Å². The molecular formula is C19H18N4O4. The van der Waals surface area contributed by atoms with Crippen molar-refractivity contribution >= 4 is 23.7 Å². The molecule has 8 heteroatoms. The molecule has 27 heavy (non-hydrogen) atoms. The van der Waals surface area contributed by atoms with Crippen molar-refractivity contribution in [2.75, 3.05) is 11.9 Å². The fourth-order valence-corrected chi connectivity index (χ4v) is 3.76. The summed E-state index contributed by atoms with van der Waals surface area (Å²) in [4.78, 5) is 42.6. The van der Waals surface area contributed by atoms with Gasteiger partial charge in [-0.05, 0) is 42.5 Å². The fraction of sp³-hybridized carbons (Fsp3) is 0.263. The molecule has 1 saturated heterocycles. The van der Waals surface area contributed by atoms with Crippen LogP contribution in [0.4, 0.5) is 10.6 Å². The second kappa shape index (κ2) is 6.39. The van der Waals surface area contributed by atoms with Crippen LogP contribution in [0.5, 0.6) is 5.75 Å². The van der Waals surface area contributed by atoms with Crippen molar-refractivity contribution in [2.45, 2.75) is 24.8 Å². The number of pyridine rings is 1. The number of aromatic hydroxyl groups is 1. The van der Waals surface area contributed by atoms with Gasteiger partial charge < -0.3 is 15.7 Å². The number of rotatable bonds is 3. The monoisotopic (exact) mass is 366 g/mol. The molecular weight excluding hydrogens is 348 g/mol. The molecule has 1 aliphatic heterocycles. The van der Waals surface area contributed by atoms with E-state index in [1.165, 1.54) is 18.3 Å². The summed E-state index contributed by atoms with van der Waals surface area (Å²) < 4.78 is 0. The lowest BCUT2D eigenvalue weighted by Gasteiger charge is -2.33. The highest BCUT2D eigenvalue weighted by molar-refractivity contribution is 6.10. The summed E-state index contributed by atoms with van der Waals surface area (Å²) in [5.41, 5.74) is 0.710. The number of imide groups is 1. The first-order valence-corrected chi connectivity index (χ1v) is 8.67. The van der Waals surface area contributed by atoms with E-state index < -0.39 is 29.9 Å². The number of nitrogens with one attached hydrogen (secondary N) is 2. The van der Waals surface area contributed by atoms with Crippen LogP contribution in [0, 0.1) is 0 Å². The number of hydrogen-bond acceptors (Lipinski definition) is 5. The molecule has 2 heterocycles. The van der Waals surface area contributed by atoms with Gasteiger partial charge in [0, 0.05) is 6.20 Å². The first-order valence-electron chi connectivity index (χ1n) is 8.67. The quantitative estimate of drug-likeness (QED) is 0.713. The van der Waals surface area contributed by atoms with Gasteiger partial charge in [-0.25, -0.2) is 9.78 Å². The Morgan fingerprint density at radius 3 is 2.89 bits per heavy atom. The second-order valence-corrected chi connectivity index (χ2v) is 6.66. The Kier molecular flexibility index (Phi) is 4.02. The van der Waals surface area contributed by atoms with Gasteiger partial charge in [-0.3, -0.25) is 14.5 Å². The van der Waals surface area contributed by atoms with Crippen LogP contribution in [-0.2, 0) is 21.5 Å². The average Bonchev–Trinajstić information content (AvgIpc) is 2.89. The van der Waals surface area contributed by atoms with E-state index in [1.807, 2.05) is 24.3 Å². The normalized spacial score (nSPS) is 21.1. The van der Waals surface area contributed by atoms with Crippen LogP contribution in [0.3, 0.4) is 0 Å². The van der Waals surface area contributed by atoms with Crippen LogP contribution in [0.15, 0.2) is 42.6 Å². The average molecular weight is 366 g/mol. The van der Waals surface area contributed by atoms with Gasteiger partial charge in [0.2, 0.25) is 5.91 Å². The lowest BCUT2D eigenvalue weighted by Crippen LogP contribution is -2.47. The summed E-state index contributed by atoms with van der Waals surface area (Å²) in [6.45, 7) is -0.454. The molecule has 0 unspecified atom stereocenters. The molecule has 2 aliphatic rings. The topological polar surface area (TPSA) is 112 Å². The van der Waals surface area contributed by atoms with E-state index in [4.69, 9.17) is 0 Å². The molecule has 1 atom stereocenters. The van der Waals surface area contributed by atoms with E-state index in [0.717, 1.165) is 28.9 Å². The van der Waals surface area contributed by atoms with Crippen LogP contribution >= 0.6 is 0 Å². The molecule has 138 valence electrons. The summed E-state index contributed by atoms with van der Waals surface area (Å²) in [6, 6.07) is 9.85. The molecule has 8 nitrogen and oxygen atoms in total. The summed E-state index contributed by atoms with van der Waals surface area (Å²) in [7, 11) is 0. The summed E-state index contributed by atoms with van der Waals surface area (Å²) in [5.74, 6) is -1.26. The molecule has 1 aliphatic carbocycles. The number of benzene rings is 1. The van der Waals surface area contributed by atoms with Crippen molar-refractivity contribution in [2.24, 2.45) is 0 Å². The zero-order valence-corrected chi connectivity index (χ0v) is 14.4. The van der Waals surface area contributed by atoms with Crippen LogP contribution in [0.25, 0.3) is 0 Å². The predicted molar refractivity (Wildman–Crippen MR) is 95.8 cm³/mol. The lowest BCUT2D eigenvalue weighted by atomic mass is 9.76. The molecule has 2 aromatic rings. The molecule has 4 amide bonds. The molecule has 1 aromatic carbocycles. The number of anilines is 1. The summed E-state index contributed by atoms with van der Waals surface area (Å²) in [6.07, 6.45) is 3.52. The van der Waals surface area contributed by atoms with E-state index in [1.54, 1.807) is 0 Å². The Morgan fingerprint density at radius 2 is 2.07 bits per heavy atom. The number of aryl methyl sites for hydroxylation is 1. The number of aromatic nitrogens is 1. The Labute approximate surface area is 155 Å². The van der Waals surface area contributed by atoms with Gasteiger partial charge in [-0.15, -0.1) is 0 Å². The SMILES string of the molecule is O=C(CN1C(=O)N[C@]2(CCCc3ccccc32)C1=O)Nc1ncccc1O. The van der Waals surface area contributed by atoms with Gasteiger partial charge in [-0.1, -0.05) is 24.3 Å². The number of amides is 4. The van der Waals surface area contributed by atoms with Gasteiger partial charge in [0.1, 0.15) is 12.1 Å². The highest BCUT2D eigenvalue weighted by atomic mass is 16.3. The minimum atomic E-state index is -1.11. The lowest BCUT2D eigenvalue weighted by molar-refractivity contribution is -0.134. The number of hydrogen-bond donors (Lipinski definition) is 3. The molecule has 4 rings (SSSR count). The standard InChI is InChI=1S/C19H18N4O4/c24-14-8-4-10-20-16(14)21-15(25)11-23-17(26)19(22-18(23)27)9-3-6-12-5-1-2-7-13(12)19/h1-2,4-5,7-8,10,24H,3,6,9,11H2,(H,22,27)(H,20,21,25)/t19-/m0/s1. The van der Waals surface area contributed by atoms with Crippen molar-refractivity contribution in [3.8, 4) is 5.75 Å². The number of carbonyl (C=O) groups excluding carboxylic acids is 3. The van der Waals surface area contributed by atoms with Crippen molar-refractivity contribution in [1.29, 1.82) is 0 Å². The van der Waals surface area contributed by atoms with Crippen LogP contribution in [0.1, 0.15) is 24.0 Å². The number of urea groups is 1. The van der Waals surface area contributed by atoms with Crippen molar-refractivity contribution in [3.05, 3.63) is 53.7 Å². The maximum atomic E-state index is 13.1. The largest absolute Gasteiger partial charge is 0.504 e. The molecule has 0 bridgehead atoms. The molecule has 0 radical (unpaired) electrons. The second-order valence-electron chi connectivity index (χ2n) is 6.66. The fourth-order valence-electron chi connectivity index (χ4n) is 3.76. The Morgan fingerprint density at radius 1 is 1.26 bits per heavy atom. The first-order chi connectivity index (χ1) is 13.0. The van der Waals surface area contributed by atoms with E-state index in [0.29, 0.717) is 6.42 Å². The Bertz CT molecular complexity index is 945. The van der Waals surface area contributed by atoms with Crippen molar-refractivity contribution < 1.29 is 19.5 Å². The summed E-state index contributed by atoms with van der Waals surface area (Å²) >= 11 is 0. The number of carbonyl (C=O) groups is 3. The molecule has 1 aromatic heterocycles. The van der Waals surface area contributed by atoms with Crippen LogP contribution in [0.2, 0.25) is 0 Å². The summed E-state index contributed by atoms with van der Waals surface area (Å²) in [5, 5.41) is 14.9. The smallest absolute Gasteiger partial charge is 0.325 e. The third-order valence-corrected chi connectivity index (χ3v) is 5.00. The van der Waals surface area contributed by atoms with E-state index in [-0.39, 0.29) is 11.6 Å². The van der Waals surface area contributed by atoms with Gasteiger partial charge >= 0.3 is 6.03 Å². The van der Waals surface area contributed by atoms with Crippen molar-refractivity contribution in [3.63, 3.8) is 0 Å². The Hall–Kier alpha value is -3.42. The van der Waals surface area contributed by atoms with Gasteiger partial charge in [-0.2, -0.15) is 0 Å². The number of nitrogens with zero attached hydrogens (tertiary/aromatic N) is 2. The predicted octanol–water partition coefficient (Wildman–Crippen LogP) is 1.51. The zero-order valence-electron chi connectivity index (χ0n) is 14.4. The maximum Gasteiger partial charge on any atom is 0.325 e. The number of fused-ring (bicyclic) bond motifs is 2. The highest BCUT2D eigenvalue weighted by Crippen LogP contribution is 2.39.